The Hall–Kier alpha value is -3.79. The third kappa shape index (κ3) is 3.28. The maximum absolute atomic E-state index is 11.5. The second kappa shape index (κ2) is 7.41. The molecule has 0 unspecified atom stereocenters. The van der Waals surface area contributed by atoms with E-state index in [2.05, 4.69) is 10.2 Å². The fourth-order valence-electron chi connectivity index (χ4n) is 3.96. The van der Waals surface area contributed by atoms with Crippen LogP contribution in [0.25, 0.3) is 6.08 Å². The van der Waals surface area contributed by atoms with Crippen molar-refractivity contribution in [2.24, 2.45) is 5.10 Å². The first kappa shape index (κ1) is 20.1. The Labute approximate surface area is 187 Å². The zero-order chi connectivity index (χ0) is 22.6. The third-order valence-corrected chi connectivity index (χ3v) is 6.16. The summed E-state index contributed by atoms with van der Waals surface area (Å²) in [5.74, 6) is 1.31. The molecule has 0 saturated heterocycles. The van der Waals surface area contributed by atoms with Crippen LogP contribution in [-0.2, 0) is 0 Å². The number of ether oxygens (including phenoxy) is 2. The topological polar surface area (TPSA) is 103 Å². The van der Waals surface area contributed by atoms with Crippen LogP contribution in [0.4, 0.5) is 10.8 Å². The summed E-state index contributed by atoms with van der Waals surface area (Å²) in [6, 6.07) is 7.42. The van der Waals surface area contributed by atoms with Crippen molar-refractivity contribution in [2.45, 2.75) is 27.7 Å². The van der Waals surface area contributed by atoms with E-state index in [1.807, 2.05) is 32.1 Å². The number of hydrogen-bond acceptors (Lipinski definition) is 9. The Morgan fingerprint density at radius 2 is 1.72 bits per heavy atom. The molecular weight excluding hydrogens is 430 g/mol. The summed E-state index contributed by atoms with van der Waals surface area (Å²) in [5, 5.41) is 28.1. The van der Waals surface area contributed by atoms with Gasteiger partial charge in [0.2, 0.25) is 11.9 Å². The molecular formula is C22H19N5O4S. The van der Waals surface area contributed by atoms with E-state index < -0.39 is 0 Å². The Bertz CT molecular complexity index is 1320. The summed E-state index contributed by atoms with van der Waals surface area (Å²) in [7, 11) is 0. The predicted octanol–water partition coefficient (Wildman–Crippen LogP) is 4.73. The second-order valence-electron chi connectivity index (χ2n) is 7.66. The van der Waals surface area contributed by atoms with Gasteiger partial charge in [0.05, 0.1) is 10.6 Å². The molecule has 10 heteroatoms. The van der Waals surface area contributed by atoms with Crippen LogP contribution >= 0.6 is 11.3 Å². The summed E-state index contributed by atoms with van der Waals surface area (Å²) in [5.41, 5.74) is 5.27. The number of aryl methyl sites for hydroxylation is 3. The first-order valence-corrected chi connectivity index (χ1v) is 10.7. The van der Waals surface area contributed by atoms with Crippen LogP contribution in [0.2, 0.25) is 0 Å². The molecule has 32 heavy (non-hydrogen) atoms. The van der Waals surface area contributed by atoms with E-state index in [0.29, 0.717) is 33.5 Å². The lowest BCUT2D eigenvalue weighted by molar-refractivity contribution is -0.386. The molecule has 0 spiro atoms. The lowest BCUT2D eigenvalue weighted by atomic mass is 9.94. The monoisotopic (exact) mass is 449 g/mol. The number of aromatic nitrogens is 2. The van der Waals surface area contributed by atoms with Crippen molar-refractivity contribution in [1.82, 2.24) is 10.2 Å². The smallest absolute Gasteiger partial charge is 0.275 e. The zero-order valence-corrected chi connectivity index (χ0v) is 18.7. The molecule has 0 atom stereocenters. The second-order valence-corrected chi connectivity index (χ2v) is 8.82. The number of allylic oxidation sites excluding steroid dienone is 1. The number of nitrogens with zero attached hydrogens (tertiary/aromatic N) is 5. The number of hydrogen-bond donors (Lipinski definition) is 0. The molecule has 2 aliphatic rings. The van der Waals surface area contributed by atoms with Gasteiger partial charge in [0.1, 0.15) is 5.01 Å². The highest BCUT2D eigenvalue weighted by Gasteiger charge is 2.27. The van der Waals surface area contributed by atoms with Crippen LogP contribution in [0.1, 0.15) is 39.7 Å². The van der Waals surface area contributed by atoms with Gasteiger partial charge in [-0.25, -0.2) is 5.01 Å². The van der Waals surface area contributed by atoms with E-state index in [1.165, 1.54) is 11.3 Å². The Morgan fingerprint density at radius 3 is 2.34 bits per heavy atom. The SMILES string of the molecule is CC1=Cc2cc3c(cc2C(c2cc(C)c([N+](=O)[O-])c(C)c2)=NN1c1nnc(C)s1)OCO3. The molecule has 0 bridgehead atoms. The van der Waals surface area contributed by atoms with E-state index >= 15 is 0 Å². The van der Waals surface area contributed by atoms with Gasteiger partial charge in [0, 0.05) is 28.0 Å². The molecule has 2 aromatic carbocycles. The lowest BCUT2D eigenvalue weighted by Crippen LogP contribution is -2.17. The maximum atomic E-state index is 11.5. The first-order valence-electron chi connectivity index (χ1n) is 9.89. The number of nitro benzene ring substituents is 1. The molecule has 9 nitrogen and oxygen atoms in total. The summed E-state index contributed by atoms with van der Waals surface area (Å²) >= 11 is 1.43. The summed E-state index contributed by atoms with van der Waals surface area (Å²) < 4.78 is 11.2. The van der Waals surface area contributed by atoms with Gasteiger partial charge in [-0.15, -0.1) is 10.2 Å². The van der Waals surface area contributed by atoms with E-state index in [9.17, 15) is 10.1 Å². The minimum atomic E-state index is -0.350. The highest BCUT2D eigenvalue weighted by atomic mass is 32.1. The largest absolute Gasteiger partial charge is 0.454 e. The Kier molecular flexibility index (Phi) is 4.66. The van der Waals surface area contributed by atoms with Crippen LogP contribution in [0.15, 0.2) is 35.1 Å². The highest BCUT2D eigenvalue weighted by molar-refractivity contribution is 7.15. The molecule has 2 aliphatic heterocycles. The van der Waals surface area contributed by atoms with Crippen LogP contribution in [-0.4, -0.2) is 27.6 Å². The maximum Gasteiger partial charge on any atom is 0.275 e. The molecule has 3 aromatic rings. The van der Waals surface area contributed by atoms with Gasteiger partial charge >= 0.3 is 0 Å². The molecule has 5 rings (SSSR count). The van der Waals surface area contributed by atoms with Crippen LogP contribution < -0.4 is 14.5 Å². The Morgan fingerprint density at radius 1 is 1.03 bits per heavy atom. The number of anilines is 1. The fraction of sp³-hybridized carbons (Fsp3) is 0.227. The number of benzene rings is 2. The molecule has 0 N–H and O–H groups in total. The lowest BCUT2D eigenvalue weighted by Gasteiger charge is -2.17. The van der Waals surface area contributed by atoms with Crippen molar-refractivity contribution in [2.75, 3.05) is 11.8 Å². The third-order valence-electron chi connectivity index (χ3n) is 5.34. The highest BCUT2D eigenvalue weighted by Crippen LogP contribution is 2.39. The number of nitro groups is 1. The first-order chi connectivity index (χ1) is 15.3. The minimum Gasteiger partial charge on any atom is -0.454 e. The van der Waals surface area contributed by atoms with Crippen LogP contribution in [0.5, 0.6) is 11.5 Å². The summed E-state index contributed by atoms with van der Waals surface area (Å²) in [4.78, 5) is 11.2. The molecule has 0 amide bonds. The van der Waals surface area contributed by atoms with Crippen molar-refractivity contribution in [1.29, 1.82) is 0 Å². The summed E-state index contributed by atoms with van der Waals surface area (Å²) in [6.45, 7) is 7.48. The van der Waals surface area contributed by atoms with Gasteiger partial charge < -0.3 is 9.47 Å². The molecule has 1 aromatic heterocycles. The van der Waals surface area contributed by atoms with Crippen molar-refractivity contribution < 1.29 is 14.4 Å². The minimum absolute atomic E-state index is 0.111. The van der Waals surface area contributed by atoms with E-state index in [-0.39, 0.29) is 17.4 Å². The van der Waals surface area contributed by atoms with Crippen molar-refractivity contribution >= 4 is 33.9 Å². The van der Waals surface area contributed by atoms with Crippen LogP contribution in [0, 0.1) is 30.9 Å². The molecule has 0 saturated carbocycles. The van der Waals surface area contributed by atoms with E-state index in [4.69, 9.17) is 14.6 Å². The average Bonchev–Trinajstić information content (AvgIpc) is 3.32. The average molecular weight is 449 g/mol. The molecule has 0 radical (unpaired) electrons. The molecule has 3 heterocycles. The van der Waals surface area contributed by atoms with E-state index in [1.54, 1.807) is 31.0 Å². The number of fused-ring (bicyclic) bond motifs is 2. The van der Waals surface area contributed by atoms with Gasteiger partial charge in [-0.3, -0.25) is 10.1 Å². The van der Waals surface area contributed by atoms with Gasteiger partial charge in [-0.05, 0) is 63.6 Å². The summed E-state index contributed by atoms with van der Waals surface area (Å²) in [6.07, 6.45) is 2.01. The normalized spacial score (nSPS) is 14.6. The molecule has 0 aliphatic carbocycles. The van der Waals surface area contributed by atoms with Crippen molar-refractivity contribution in [3.05, 3.63) is 72.9 Å². The van der Waals surface area contributed by atoms with Gasteiger partial charge in [0.25, 0.3) is 5.69 Å². The van der Waals surface area contributed by atoms with Gasteiger partial charge in [-0.2, -0.15) is 5.10 Å². The van der Waals surface area contributed by atoms with Crippen LogP contribution in [0.3, 0.4) is 0 Å². The van der Waals surface area contributed by atoms with Crippen molar-refractivity contribution in [3.63, 3.8) is 0 Å². The Balaban J connectivity index is 1.76. The number of hydrazone groups is 1. The van der Waals surface area contributed by atoms with Crippen molar-refractivity contribution in [3.8, 4) is 11.5 Å². The predicted molar refractivity (Wildman–Crippen MR) is 122 cm³/mol. The zero-order valence-electron chi connectivity index (χ0n) is 17.9. The van der Waals surface area contributed by atoms with Gasteiger partial charge in [-0.1, -0.05) is 11.3 Å². The molecule has 0 fully saturated rings. The molecule has 162 valence electrons. The van der Waals surface area contributed by atoms with Gasteiger partial charge in [0.15, 0.2) is 11.5 Å². The van der Waals surface area contributed by atoms with E-state index in [0.717, 1.165) is 27.4 Å². The quantitative estimate of drug-likeness (QED) is 0.420. The standard InChI is InChI=1S/C22H19N5O4S/c1-11-5-16(6-12(2)21(11)27(28)29)20-17-9-19-18(30-10-31-19)8-15(17)7-13(3)26(25-20)22-24-23-14(4)32-22/h5-9H,10H2,1-4H3. The number of rotatable bonds is 3. The fourth-order valence-corrected chi connectivity index (χ4v) is 4.66.